The minimum atomic E-state index is -0.503. The van der Waals surface area contributed by atoms with E-state index in [9.17, 15) is 4.79 Å². The van der Waals surface area contributed by atoms with Crippen LogP contribution in [0.25, 0.3) is 0 Å². The molecule has 0 radical (unpaired) electrons. The first kappa shape index (κ1) is 8.93. The molecule has 0 aliphatic heterocycles. The number of nitrogens with zero attached hydrogens (tertiary/aromatic N) is 2. The van der Waals surface area contributed by atoms with Crippen molar-refractivity contribution < 1.29 is 9.53 Å². The largest absolute Gasteiger partial charge is 0.464 e. The lowest BCUT2D eigenvalue weighted by Gasteiger charge is -2.01. The van der Waals surface area contributed by atoms with Gasteiger partial charge in [-0.25, -0.2) is 14.8 Å². The van der Waals surface area contributed by atoms with E-state index >= 15 is 0 Å². The Hall–Kier alpha value is -1.16. The molecule has 1 aromatic heterocycles. The molecule has 0 atom stereocenters. The highest BCUT2D eigenvalue weighted by Gasteiger charge is 2.12. The summed E-state index contributed by atoms with van der Waals surface area (Å²) >= 11 is 5.66. The van der Waals surface area contributed by atoms with Crippen molar-refractivity contribution in [3.8, 4) is 0 Å². The van der Waals surface area contributed by atoms with Gasteiger partial charge in [-0.3, -0.25) is 0 Å². The molecule has 0 bridgehead atoms. The van der Waals surface area contributed by atoms with Crippen molar-refractivity contribution in [3.05, 3.63) is 22.7 Å². The van der Waals surface area contributed by atoms with Crippen LogP contribution in [0.2, 0.25) is 5.15 Å². The monoisotopic (exact) mass is 186 g/mol. The summed E-state index contributed by atoms with van der Waals surface area (Å²) in [5, 5.41) is 0.269. The van der Waals surface area contributed by atoms with Gasteiger partial charge in [0.05, 0.1) is 7.11 Å². The van der Waals surface area contributed by atoms with Gasteiger partial charge in [-0.05, 0) is 6.92 Å². The fourth-order valence-corrected chi connectivity index (χ4v) is 0.864. The molecular weight excluding hydrogens is 180 g/mol. The van der Waals surface area contributed by atoms with Gasteiger partial charge in [0.2, 0.25) is 0 Å². The third-order valence-electron chi connectivity index (χ3n) is 1.40. The van der Waals surface area contributed by atoms with Gasteiger partial charge >= 0.3 is 5.97 Å². The van der Waals surface area contributed by atoms with E-state index in [1.165, 1.54) is 13.4 Å². The molecule has 0 saturated heterocycles. The zero-order valence-electron chi connectivity index (χ0n) is 6.67. The minimum Gasteiger partial charge on any atom is -0.464 e. The van der Waals surface area contributed by atoms with Gasteiger partial charge in [0.25, 0.3) is 0 Å². The van der Waals surface area contributed by atoms with Crippen LogP contribution >= 0.6 is 11.6 Å². The Bertz CT molecular complexity index is 314. The minimum absolute atomic E-state index is 0.206. The van der Waals surface area contributed by atoms with E-state index in [-0.39, 0.29) is 10.8 Å². The number of hydrogen-bond acceptors (Lipinski definition) is 4. The summed E-state index contributed by atoms with van der Waals surface area (Å²) in [6.07, 6.45) is 1.22. The molecule has 64 valence electrons. The molecule has 0 amide bonds. The standard InChI is InChI=1S/C7H7ClN2O2/c1-4-5(7(11)12-2)9-3-10-6(4)8/h3H,1-2H3. The normalized spacial score (nSPS) is 9.58. The van der Waals surface area contributed by atoms with Crippen molar-refractivity contribution in [1.82, 2.24) is 9.97 Å². The number of hydrogen-bond donors (Lipinski definition) is 0. The number of ether oxygens (including phenoxy) is 1. The molecule has 0 aromatic carbocycles. The van der Waals surface area contributed by atoms with E-state index in [2.05, 4.69) is 14.7 Å². The van der Waals surface area contributed by atoms with E-state index in [1.54, 1.807) is 6.92 Å². The molecule has 12 heavy (non-hydrogen) atoms. The summed E-state index contributed by atoms with van der Waals surface area (Å²) in [5.41, 5.74) is 0.739. The van der Waals surface area contributed by atoms with Gasteiger partial charge in [0, 0.05) is 5.56 Å². The third-order valence-corrected chi connectivity index (χ3v) is 1.78. The smallest absolute Gasteiger partial charge is 0.357 e. The van der Waals surface area contributed by atoms with Gasteiger partial charge < -0.3 is 4.74 Å². The highest BCUT2D eigenvalue weighted by molar-refractivity contribution is 6.30. The summed E-state index contributed by atoms with van der Waals surface area (Å²) in [7, 11) is 1.29. The Morgan fingerprint density at radius 3 is 2.83 bits per heavy atom. The lowest BCUT2D eigenvalue weighted by atomic mass is 10.2. The average molecular weight is 187 g/mol. The summed E-state index contributed by atoms with van der Waals surface area (Å²) in [5.74, 6) is -0.503. The molecule has 4 nitrogen and oxygen atoms in total. The maximum atomic E-state index is 11.0. The first-order valence-electron chi connectivity index (χ1n) is 3.22. The van der Waals surface area contributed by atoms with E-state index in [4.69, 9.17) is 11.6 Å². The lowest BCUT2D eigenvalue weighted by Crippen LogP contribution is -2.07. The van der Waals surface area contributed by atoms with Crippen LogP contribution in [0.5, 0.6) is 0 Å². The molecular formula is C7H7ClN2O2. The Kier molecular flexibility index (Phi) is 2.60. The summed E-state index contributed by atoms with van der Waals surface area (Å²) in [6.45, 7) is 1.66. The molecule has 0 N–H and O–H groups in total. The van der Waals surface area contributed by atoms with Gasteiger partial charge in [-0.2, -0.15) is 0 Å². The van der Waals surface area contributed by atoms with E-state index in [1.807, 2.05) is 0 Å². The maximum absolute atomic E-state index is 11.0. The topological polar surface area (TPSA) is 52.1 Å². The van der Waals surface area contributed by atoms with Gasteiger partial charge in [-0.1, -0.05) is 11.6 Å². The van der Waals surface area contributed by atoms with Crippen LogP contribution in [-0.2, 0) is 4.74 Å². The lowest BCUT2D eigenvalue weighted by molar-refractivity contribution is 0.0593. The quantitative estimate of drug-likeness (QED) is 0.489. The third kappa shape index (κ3) is 1.53. The van der Waals surface area contributed by atoms with Crippen LogP contribution in [-0.4, -0.2) is 23.0 Å². The Balaban J connectivity index is 3.16. The van der Waals surface area contributed by atoms with Crippen LogP contribution in [0.15, 0.2) is 6.33 Å². The predicted molar refractivity (Wildman–Crippen MR) is 43.1 cm³/mol. The molecule has 0 aliphatic carbocycles. The second-order valence-electron chi connectivity index (χ2n) is 2.13. The number of methoxy groups -OCH3 is 1. The van der Waals surface area contributed by atoms with E-state index in [0.717, 1.165) is 0 Å². The number of esters is 1. The number of halogens is 1. The second kappa shape index (κ2) is 3.49. The predicted octanol–water partition coefficient (Wildman–Crippen LogP) is 1.23. The van der Waals surface area contributed by atoms with Crippen molar-refractivity contribution in [1.29, 1.82) is 0 Å². The molecule has 1 aromatic rings. The fraction of sp³-hybridized carbons (Fsp3) is 0.286. The Morgan fingerprint density at radius 1 is 1.58 bits per heavy atom. The SMILES string of the molecule is COC(=O)c1ncnc(Cl)c1C. The number of carbonyl (C=O) groups excluding carboxylic acids is 1. The zero-order valence-corrected chi connectivity index (χ0v) is 7.42. The fourth-order valence-electron chi connectivity index (χ4n) is 0.731. The molecule has 0 unspecified atom stereocenters. The molecule has 0 aliphatic rings. The first-order valence-corrected chi connectivity index (χ1v) is 3.60. The van der Waals surface area contributed by atoms with E-state index in [0.29, 0.717) is 5.56 Å². The first-order chi connectivity index (χ1) is 5.66. The van der Waals surface area contributed by atoms with Gasteiger partial charge in [-0.15, -0.1) is 0 Å². The average Bonchev–Trinajstić information content (AvgIpc) is 2.08. The number of rotatable bonds is 1. The number of aromatic nitrogens is 2. The van der Waals surface area contributed by atoms with Crippen molar-refractivity contribution in [2.45, 2.75) is 6.92 Å². The van der Waals surface area contributed by atoms with Crippen LogP contribution in [0, 0.1) is 6.92 Å². The Labute approximate surface area is 74.5 Å². The molecule has 0 fully saturated rings. The van der Waals surface area contributed by atoms with Gasteiger partial charge in [0.15, 0.2) is 5.69 Å². The van der Waals surface area contributed by atoms with Crippen molar-refractivity contribution in [2.24, 2.45) is 0 Å². The van der Waals surface area contributed by atoms with Crippen LogP contribution in [0.3, 0.4) is 0 Å². The van der Waals surface area contributed by atoms with Crippen molar-refractivity contribution in [2.75, 3.05) is 7.11 Å². The number of carbonyl (C=O) groups is 1. The van der Waals surface area contributed by atoms with Crippen LogP contribution in [0.4, 0.5) is 0 Å². The summed E-state index contributed by atoms with van der Waals surface area (Å²) < 4.78 is 4.48. The molecule has 1 heterocycles. The maximum Gasteiger partial charge on any atom is 0.357 e. The van der Waals surface area contributed by atoms with Crippen molar-refractivity contribution in [3.63, 3.8) is 0 Å². The molecule has 5 heteroatoms. The van der Waals surface area contributed by atoms with Crippen LogP contribution < -0.4 is 0 Å². The van der Waals surface area contributed by atoms with Gasteiger partial charge in [0.1, 0.15) is 11.5 Å². The molecule has 0 spiro atoms. The van der Waals surface area contributed by atoms with Crippen LogP contribution in [0.1, 0.15) is 16.1 Å². The van der Waals surface area contributed by atoms with Crippen molar-refractivity contribution >= 4 is 17.6 Å². The Morgan fingerprint density at radius 2 is 2.25 bits per heavy atom. The molecule has 1 rings (SSSR count). The highest BCUT2D eigenvalue weighted by Crippen LogP contribution is 2.13. The summed E-state index contributed by atoms with van der Waals surface area (Å²) in [6, 6.07) is 0. The highest BCUT2D eigenvalue weighted by atomic mass is 35.5. The zero-order chi connectivity index (χ0) is 9.14. The summed E-state index contributed by atoms with van der Waals surface area (Å²) in [4.78, 5) is 18.5. The van der Waals surface area contributed by atoms with E-state index < -0.39 is 5.97 Å². The second-order valence-corrected chi connectivity index (χ2v) is 2.49. The molecule has 0 saturated carbocycles.